The lowest BCUT2D eigenvalue weighted by Gasteiger charge is -2.19. The van der Waals surface area contributed by atoms with Gasteiger partial charge in [0, 0.05) is 24.7 Å². The molecule has 4 heteroatoms. The molecule has 1 aliphatic rings. The van der Waals surface area contributed by atoms with Crippen LogP contribution in [0.1, 0.15) is 32.0 Å². The third-order valence-corrected chi connectivity index (χ3v) is 4.18. The number of aromatic nitrogens is 2. The van der Waals surface area contributed by atoms with Gasteiger partial charge in [0.25, 0.3) is 0 Å². The molecule has 1 atom stereocenters. The van der Waals surface area contributed by atoms with Crippen LogP contribution in [0.15, 0.2) is 24.5 Å². The number of likely N-dealkylation sites (tertiary alicyclic amines) is 1. The first-order valence-corrected chi connectivity index (χ1v) is 6.90. The third-order valence-electron chi connectivity index (χ3n) is 3.86. The van der Waals surface area contributed by atoms with Crippen LogP contribution >= 0.6 is 11.6 Å². The zero-order chi connectivity index (χ0) is 12.7. The summed E-state index contributed by atoms with van der Waals surface area (Å²) in [6.07, 6.45) is 5.13. The normalized spacial score (nSPS) is 21.2. The van der Waals surface area contributed by atoms with Crippen molar-refractivity contribution >= 4 is 17.1 Å². The third kappa shape index (κ3) is 1.91. The van der Waals surface area contributed by atoms with E-state index in [0.717, 1.165) is 29.5 Å². The van der Waals surface area contributed by atoms with Crippen LogP contribution < -0.4 is 0 Å². The summed E-state index contributed by atoms with van der Waals surface area (Å²) in [5, 5.41) is 0.773. The largest absolute Gasteiger partial charge is 0.302 e. The molecule has 2 aromatic rings. The van der Waals surface area contributed by atoms with Crippen LogP contribution in [-0.2, 0) is 0 Å². The van der Waals surface area contributed by atoms with Crippen molar-refractivity contribution in [3.63, 3.8) is 0 Å². The fraction of sp³-hybridized carbons (Fsp3) is 0.500. The summed E-state index contributed by atoms with van der Waals surface area (Å²) < 4.78 is 2.14. The van der Waals surface area contributed by atoms with Crippen molar-refractivity contribution < 1.29 is 0 Å². The Bertz CT molecular complexity index is 561. The van der Waals surface area contributed by atoms with E-state index in [1.54, 1.807) is 0 Å². The van der Waals surface area contributed by atoms with Gasteiger partial charge in [0.15, 0.2) is 0 Å². The molecule has 3 nitrogen and oxygen atoms in total. The number of halogens is 1. The summed E-state index contributed by atoms with van der Waals surface area (Å²) in [7, 11) is 0. The quantitative estimate of drug-likeness (QED) is 0.830. The van der Waals surface area contributed by atoms with Gasteiger partial charge in [-0.05, 0) is 38.9 Å². The average Bonchev–Trinajstić information content (AvgIpc) is 2.94. The fourth-order valence-electron chi connectivity index (χ4n) is 2.78. The molecule has 0 spiro atoms. The lowest BCUT2D eigenvalue weighted by Crippen LogP contribution is -2.28. The highest BCUT2D eigenvalue weighted by atomic mass is 35.5. The second kappa shape index (κ2) is 4.56. The molecule has 0 amide bonds. The van der Waals surface area contributed by atoms with Gasteiger partial charge in [-0.25, -0.2) is 4.98 Å². The van der Waals surface area contributed by atoms with E-state index >= 15 is 0 Å². The molecule has 2 aromatic heterocycles. The van der Waals surface area contributed by atoms with E-state index in [1.165, 1.54) is 6.42 Å². The van der Waals surface area contributed by atoms with Crippen molar-refractivity contribution in [1.29, 1.82) is 0 Å². The molecular formula is C14H18ClN3. The number of rotatable bonds is 2. The Morgan fingerprint density at radius 2 is 2.28 bits per heavy atom. The molecule has 1 saturated heterocycles. The molecule has 3 rings (SSSR count). The second-order valence-electron chi connectivity index (χ2n) is 5.30. The molecule has 1 fully saturated rings. The predicted molar refractivity (Wildman–Crippen MR) is 74.3 cm³/mol. The lowest BCUT2D eigenvalue weighted by molar-refractivity contribution is 0.272. The van der Waals surface area contributed by atoms with E-state index in [4.69, 9.17) is 11.6 Å². The maximum Gasteiger partial charge on any atom is 0.117 e. The highest BCUT2D eigenvalue weighted by molar-refractivity contribution is 6.33. The Kier molecular flexibility index (Phi) is 3.04. The summed E-state index contributed by atoms with van der Waals surface area (Å²) in [4.78, 5) is 7.09. The number of fused-ring (bicyclic) bond motifs is 1. The van der Waals surface area contributed by atoms with Gasteiger partial charge < -0.3 is 9.30 Å². The first-order chi connectivity index (χ1) is 8.66. The Morgan fingerprint density at radius 1 is 1.44 bits per heavy atom. The molecule has 96 valence electrons. The van der Waals surface area contributed by atoms with Gasteiger partial charge in [0.1, 0.15) is 5.82 Å². The zero-order valence-electron chi connectivity index (χ0n) is 10.8. The van der Waals surface area contributed by atoms with Crippen LogP contribution in [0, 0.1) is 0 Å². The van der Waals surface area contributed by atoms with Crippen molar-refractivity contribution in [2.24, 2.45) is 0 Å². The zero-order valence-corrected chi connectivity index (χ0v) is 11.6. The topological polar surface area (TPSA) is 20.5 Å². The average molecular weight is 264 g/mol. The molecule has 0 radical (unpaired) electrons. The summed E-state index contributed by atoms with van der Waals surface area (Å²) in [5.74, 6) is 1.67. The Morgan fingerprint density at radius 3 is 3.00 bits per heavy atom. The first-order valence-electron chi connectivity index (χ1n) is 6.52. The Hall–Kier alpha value is -1.06. The van der Waals surface area contributed by atoms with Crippen LogP contribution in [0.5, 0.6) is 0 Å². The summed E-state index contributed by atoms with van der Waals surface area (Å²) in [6.45, 7) is 6.77. The molecule has 3 heterocycles. The molecule has 0 bridgehead atoms. The second-order valence-corrected chi connectivity index (χ2v) is 5.71. The molecule has 1 aliphatic heterocycles. The van der Waals surface area contributed by atoms with Crippen LogP contribution in [0.4, 0.5) is 0 Å². The molecule has 0 aliphatic carbocycles. The van der Waals surface area contributed by atoms with E-state index in [1.807, 2.05) is 18.3 Å². The summed E-state index contributed by atoms with van der Waals surface area (Å²) in [5.41, 5.74) is 1.01. The first kappa shape index (κ1) is 12.0. The minimum Gasteiger partial charge on any atom is -0.302 e. The number of pyridine rings is 1. The van der Waals surface area contributed by atoms with Crippen LogP contribution in [-0.4, -0.2) is 33.4 Å². The molecular weight excluding hydrogens is 246 g/mol. The van der Waals surface area contributed by atoms with Crippen molar-refractivity contribution in [3.8, 4) is 0 Å². The van der Waals surface area contributed by atoms with E-state index in [9.17, 15) is 0 Å². The van der Waals surface area contributed by atoms with E-state index in [-0.39, 0.29) is 0 Å². The Labute approximate surface area is 112 Å². The Balaban J connectivity index is 1.94. The maximum absolute atomic E-state index is 6.18. The van der Waals surface area contributed by atoms with Crippen LogP contribution in [0.25, 0.3) is 5.52 Å². The smallest absolute Gasteiger partial charge is 0.117 e. The van der Waals surface area contributed by atoms with Crippen molar-refractivity contribution in [1.82, 2.24) is 14.3 Å². The molecule has 0 saturated carbocycles. The van der Waals surface area contributed by atoms with E-state index in [0.29, 0.717) is 12.0 Å². The molecule has 1 unspecified atom stereocenters. The minimum absolute atomic E-state index is 0.522. The standard InChI is InChI=1S/C14H18ClN3/c1-10(2)17-7-5-11(9-17)14-16-8-13-12(15)4-3-6-18(13)14/h3-4,6,8,10-11H,5,7,9H2,1-2H3. The van der Waals surface area contributed by atoms with Gasteiger partial charge in [-0.1, -0.05) is 11.6 Å². The van der Waals surface area contributed by atoms with Crippen molar-refractivity contribution in [3.05, 3.63) is 35.4 Å². The highest BCUT2D eigenvalue weighted by Crippen LogP contribution is 2.29. The van der Waals surface area contributed by atoms with Gasteiger partial charge >= 0.3 is 0 Å². The maximum atomic E-state index is 6.18. The van der Waals surface area contributed by atoms with E-state index in [2.05, 4.69) is 34.3 Å². The lowest BCUT2D eigenvalue weighted by atomic mass is 10.1. The summed E-state index contributed by atoms with van der Waals surface area (Å²) >= 11 is 6.18. The molecule has 18 heavy (non-hydrogen) atoms. The van der Waals surface area contributed by atoms with Crippen LogP contribution in [0.3, 0.4) is 0 Å². The SMILES string of the molecule is CC(C)N1CCC(c2ncc3c(Cl)cccn23)C1. The predicted octanol–water partition coefficient (Wildman–Crippen LogP) is 3.19. The molecule has 0 aromatic carbocycles. The fourth-order valence-corrected chi connectivity index (χ4v) is 2.99. The van der Waals surface area contributed by atoms with Crippen LogP contribution in [0.2, 0.25) is 5.02 Å². The number of nitrogens with zero attached hydrogens (tertiary/aromatic N) is 3. The van der Waals surface area contributed by atoms with Gasteiger partial charge in [-0.2, -0.15) is 0 Å². The van der Waals surface area contributed by atoms with Gasteiger partial charge in [0.05, 0.1) is 16.7 Å². The minimum atomic E-state index is 0.522. The van der Waals surface area contributed by atoms with Crippen molar-refractivity contribution in [2.45, 2.75) is 32.2 Å². The highest BCUT2D eigenvalue weighted by Gasteiger charge is 2.28. The van der Waals surface area contributed by atoms with Crippen molar-refractivity contribution in [2.75, 3.05) is 13.1 Å². The van der Waals surface area contributed by atoms with Gasteiger partial charge in [0.2, 0.25) is 0 Å². The molecule has 0 N–H and O–H groups in total. The number of hydrogen-bond acceptors (Lipinski definition) is 2. The number of imidazole rings is 1. The van der Waals surface area contributed by atoms with Gasteiger partial charge in [-0.3, -0.25) is 0 Å². The monoisotopic (exact) mass is 263 g/mol. The number of hydrogen-bond donors (Lipinski definition) is 0. The van der Waals surface area contributed by atoms with E-state index < -0.39 is 0 Å². The summed E-state index contributed by atoms with van der Waals surface area (Å²) in [6, 6.07) is 4.51. The van der Waals surface area contributed by atoms with Gasteiger partial charge in [-0.15, -0.1) is 0 Å².